The predicted octanol–water partition coefficient (Wildman–Crippen LogP) is 0.0832. The van der Waals surface area contributed by atoms with Gasteiger partial charge in [0.25, 0.3) is 0 Å². The molecule has 1 fully saturated rings. The second-order valence-corrected chi connectivity index (χ2v) is 3.63. The highest BCUT2D eigenvalue weighted by molar-refractivity contribution is 7.89. The Morgan fingerprint density at radius 1 is 1.36 bits per heavy atom. The molecule has 0 amide bonds. The molecule has 0 aromatic rings. The number of hydroxylamine groups is 1. The first-order chi connectivity index (χ1) is 4.86. The van der Waals surface area contributed by atoms with Gasteiger partial charge < -0.3 is 0 Å². The summed E-state index contributed by atoms with van der Waals surface area (Å²) in [7, 11) is -5.23. The second-order valence-electron chi connectivity index (χ2n) is 1.81. The Hall–Kier alpha value is -0.340. The van der Waals surface area contributed by atoms with Gasteiger partial charge in [-0.15, -0.1) is 0 Å². The zero-order valence-corrected chi connectivity index (χ0v) is 5.94. The molecule has 0 atom stereocenters. The van der Waals surface area contributed by atoms with E-state index in [1.165, 1.54) is 0 Å². The summed E-state index contributed by atoms with van der Waals surface area (Å²) in [6.07, 6.45) is 0. The van der Waals surface area contributed by atoms with Crippen LogP contribution < -0.4 is 0 Å². The van der Waals surface area contributed by atoms with Gasteiger partial charge in [0.05, 0.1) is 13.2 Å². The quantitative estimate of drug-likeness (QED) is 0.589. The van der Waals surface area contributed by atoms with E-state index in [0.717, 1.165) is 0 Å². The first-order valence-electron chi connectivity index (χ1n) is 2.57. The smallest absolute Gasteiger partial charge is 0.282 e. The van der Waals surface area contributed by atoms with E-state index < -0.39 is 15.5 Å². The number of sulfonamides is 1. The van der Waals surface area contributed by atoms with E-state index in [9.17, 15) is 21.6 Å². The first-order valence-corrected chi connectivity index (χ1v) is 4.01. The molecule has 1 saturated heterocycles. The first kappa shape index (κ1) is 8.75. The SMILES string of the molecule is O=S(=O)(N1CCO1)C(F)(F)F. The monoisotopic (exact) mass is 191 g/mol. The van der Waals surface area contributed by atoms with Crippen molar-refractivity contribution in [1.29, 1.82) is 0 Å². The van der Waals surface area contributed by atoms with Crippen LogP contribution in [0.5, 0.6) is 0 Å². The van der Waals surface area contributed by atoms with Crippen LogP contribution >= 0.6 is 0 Å². The van der Waals surface area contributed by atoms with Crippen molar-refractivity contribution in [2.24, 2.45) is 0 Å². The summed E-state index contributed by atoms with van der Waals surface area (Å²) < 4.78 is 55.3. The van der Waals surface area contributed by atoms with E-state index in [1.807, 2.05) is 0 Å². The fourth-order valence-electron chi connectivity index (χ4n) is 0.471. The summed E-state index contributed by atoms with van der Waals surface area (Å²) in [5, 5.41) is 0. The van der Waals surface area contributed by atoms with Crippen LogP contribution in [-0.4, -0.2) is 31.5 Å². The van der Waals surface area contributed by atoms with Crippen LogP contribution in [0.3, 0.4) is 0 Å². The van der Waals surface area contributed by atoms with Crippen molar-refractivity contribution in [3.05, 3.63) is 0 Å². The Balaban J connectivity index is 2.82. The molecule has 0 spiro atoms. The fraction of sp³-hybridized carbons (Fsp3) is 1.00. The molecule has 11 heavy (non-hydrogen) atoms. The summed E-state index contributed by atoms with van der Waals surface area (Å²) in [5.74, 6) is 0. The number of rotatable bonds is 1. The zero-order valence-electron chi connectivity index (χ0n) is 5.13. The molecule has 1 rings (SSSR count). The lowest BCUT2D eigenvalue weighted by molar-refractivity contribution is -0.188. The van der Waals surface area contributed by atoms with Crippen molar-refractivity contribution in [3.63, 3.8) is 0 Å². The average molecular weight is 191 g/mol. The van der Waals surface area contributed by atoms with Crippen LogP contribution in [-0.2, 0) is 14.9 Å². The molecule has 0 N–H and O–H groups in total. The molecule has 1 aliphatic rings. The highest BCUT2D eigenvalue weighted by Crippen LogP contribution is 2.28. The molecule has 0 aromatic carbocycles. The van der Waals surface area contributed by atoms with Gasteiger partial charge >= 0.3 is 15.5 Å². The summed E-state index contributed by atoms with van der Waals surface area (Å²) >= 11 is 0. The van der Waals surface area contributed by atoms with Crippen molar-refractivity contribution in [2.75, 3.05) is 13.2 Å². The largest absolute Gasteiger partial charge is 0.513 e. The van der Waals surface area contributed by atoms with Crippen molar-refractivity contribution in [2.45, 2.75) is 5.51 Å². The van der Waals surface area contributed by atoms with Crippen LogP contribution in [0.4, 0.5) is 13.2 Å². The summed E-state index contributed by atoms with van der Waals surface area (Å²) in [5.41, 5.74) is -5.26. The van der Waals surface area contributed by atoms with Crippen LogP contribution in [0, 0.1) is 0 Å². The van der Waals surface area contributed by atoms with Gasteiger partial charge in [-0.1, -0.05) is 4.47 Å². The van der Waals surface area contributed by atoms with Crippen molar-refractivity contribution in [1.82, 2.24) is 4.47 Å². The van der Waals surface area contributed by atoms with Crippen molar-refractivity contribution < 1.29 is 26.4 Å². The third-order valence-electron chi connectivity index (χ3n) is 1.07. The third kappa shape index (κ3) is 1.33. The van der Waals surface area contributed by atoms with Gasteiger partial charge in [-0.3, -0.25) is 4.84 Å². The topological polar surface area (TPSA) is 46.6 Å². The van der Waals surface area contributed by atoms with Gasteiger partial charge in [0.2, 0.25) is 0 Å². The van der Waals surface area contributed by atoms with Crippen LogP contribution in [0.2, 0.25) is 0 Å². The lowest BCUT2D eigenvalue weighted by Gasteiger charge is -2.29. The van der Waals surface area contributed by atoms with Gasteiger partial charge in [0, 0.05) is 0 Å². The Kier molecular flexibility index (Phi) is 1.85. The summed E-state index contributed by atoms with van der Waals surface area (Å²) in [6, 6.07) is 0. The Morgan fingerprint density at radius 3 is 1.91 bits per heavy atom. The van der Waals surface area contributed by atoms with Gasteiger partial charge in [0.1, 0.15) is 0 Å². The van der Waals surface area contributed by atoms with Gasteiger partial charge in [-0.25, -0.2) is 8.42 Å². The van der Waals surface area contributed by atoms with E-state index in [0.29, 0.717) is 0 Å². The molecule has 0 radical (unpaired) electrons. The van der Waals surface area contributed by atoms with E-state index >= 15 is 0 Å². The van der Waals surface area contributed by atoms with Crippen LogP contribution in [0.15, 0.2) is 0 Å². The molecule has 0 aliphatic carbocycles. The highest BCUT2D eigenvalue weighted by atomic mass is 32.2. The minimum absolute atomic E-state index is 0.00924. The summed E-state index contributed by atoms with van der Waals surface area (Å²) in [4.78, 5) is 4.05. The molecular formula is C3H4F3NO3S. The van der Waals surface area contributed by atoms with Crippen LogP contribution in [0.1, 0.15) is 0 Å². The second kappa shape index (κ2) is 2.32. The molecule has 1 aliphatic heterocycles. The molecule has 1 heterocycles. The van der Waals surface area contributed by atoms with Gasteiger partial charge in [0.15, 0.2) is 0 Å². The number of alkyl halides is 3. The molecule has 0 unspecified atom stereocenters. The van der Waals surface area contributed by atoms with E-state index in [4.69, 9.17) is 0 Å². The van der Waals surface area contributed by atoms with E-state index in [1.54, 1.807) is 0 Å². The third-order valence-corrected chi connectivity index (χ3v) is 2.48. The summed E-state index contributed by atoms with van der Waals surface area (Å²) in [6.45, 7) is -0.225. The Bertz CT molecular complexity index is 241. The molecule has 8 heteroatoms. The van der Waals surface area contributed by atoms with Crippen molar-refractivity contribution in [3.8, 4) is 0 Å². The molecule has 66 valence electrons. The van der Waals surface area contributed by atoms with Gasteiger partial charge in [-0.05, 0) is 0 Å². The minimum Gasteiger partial charge on any atom is -0.282 e. The minimum atomic E-state index is -5.26. The maximum Gasteiger partial charge on any atom is 0.513 e. The predicted molar refractivity (Wildman–Crippen MR) is 27.6 cm³/mol. The molecule has 4 nitrogen and oxygen atoms in total. The van der Waals surface area contributed by atoms with E-state index in [2.05, 4.69) is 4.84 Å². The highest BCUT2D eigenvalue weighted by Gasteiger charge is 2.52. The standard InChI is InChI=1S/C3H4F3NO3S/c4-3(5,6)11(8,9)7-1-2-10-7/h1-2H2. The van der Waals surface area contributed by atoms with Crippen LogP contribution in [0.25, 0.3) is 0 Å². The number of hydrogen-bond acceptors (Lipinski definition) is 3. The maximum absolute atomic E-state index is 11.6. The average Bonchev–Trinajstić information content (AvgIpc) is 1.53. The molecular weight excluding hydrogens is 187 g/mol. The number of nitrogens with zero attached hydrogens (tertiary/aromatic N) is 1. The van der Waals surface area contributed by atoms with E-state index in [-0.39, 0.29) is 17.6 Å². The Labute approximate surface area is 60.5 Å². The van der Waals surface area contributed by atoms with Crippen molar-refractivity contribution >= 4 is 10.0 Å². The normalized spacial score (nSPS) is 21.4. The lowest BCUT2D eigenvalue weighted by atomic mass is 10.7. The molecule has 0 aromatic heterocycles. The zero-order chi connectivity index (χ0) is 8.70. The van der Waals surface area contributed by atoms with Gasteiger partial charge in [-0.2, -0.15) is 13.2 Å². The number of hydrogen-bond donors (Lipinski definition) is 0. The maximum atomic E-state index is 11.6. The lowest BCUT2D eigenvalue weighted by Crippen LogP contribution is -2.49. The molecule has 0 saturated carbocycles. The fourth-order valence-corrected chi connectivity index (χ4v) is 1.23. The molecule has 0 bridgehead atoms. The number of halogens is 3. The Morgan fingerprint density at radius 2 is 1.82 bits per heavy atom.